The van der Waals surface area contributed by atoms with E-state index in [0.717, 1.165) is 10.9 Å². The molecule has 1 aliphatic carbocycles. The molecule has 10 heteroatoms. The molecule has 1 saturated carbocycles. The molecule has 0 aliphatic heterocycles. The van der Waals surface area contributed by atoms with Crippen LogP contribution in [0.2, 0.25) is 0 Å². The molecule has 23 heavy (non-hydrogen) atoms. The van der Waals surface area contributed by atoms with Gasteiger partial charge in [-0.25, -0.2) is 0 Å². The van der Waals surface area contributed by atoms with E-state index in [4.69, 9.17) is 4.74 Å². The molecule has 0 bridgehead atoms. The van der Waals surface area contributed by atoms with Crippen molar-refractivity contribution in [3.63, 3.8) is 0 Å². The topological polar surface area (TPSA) is 87.3 Å². The first-order valence-corrected chi connectivity index (χ1v) is 7.21. The molecule has 128 valence electrons. The number of nitrogens with zero attached hydrogens (tertiary/aromatic N) is 3. The van der Waals surface area contributed by atoms with Crippen molar-refractivity contribution >= 4 is 11.7 Å². The summed E-state index contributed by atoms with van der Waals surface area (Å²) in [7, 11) is 0. The lowest BCUT2D eigenvalue weighted by molar-refractivity contribution is -0.388. The van der Waals surface area contributed by atoms with Gasteiger partial charge >= 0.3 is 17.8 Å². The van der Waals surface area contributed by atoms with E-state index in [2.05, 4.69) is 5.10 Å². The van der Waals surface area contributed by atoms with E-state index in [1.165, 1.54) is 0 Å². The Balaban J connectivity index is 2.12. The summed E-state index contributed by atoms with van der Waals surface area (Å²) in [4.78, 5) is 21.3. The van der Waals surface area contributed by atoms with Crippen molar-refractivity contribution < 1.29 is 27.6 Å². The Kier molecular flexibility index (Phi) is 4.90. The monoisotopic (exact) mass is 335 g/mol. The van der Waals surface area contributed by atoms with Crippen LogP contribution in [0.25, 0.3) is 0 Å². The zero-order valence-electron chi connectivity index (χ0n) is 12.4. The first-order chi connectivity index (χ1) is 10.7. The fourth-order valence-electron chi connectivity index (χ4n) is 2.74. The third kappa shape index (κ3) is 3.80. The molecular formula is C13H16F3N3O4. The molecule has 1 heterocycles. The highest BCUT2D eigenvalue weighted by Gasteiger charge is 2.43. The third-order valence-corrected chi connectivity index (χ3v) is 3.87. The van der Waals surface area contributed by atoms with Gasteiger partial charge in [0.25, 0.3) is 0 Å². The van der Waals surface area contributed by atoms with Crippen LogP contribution in [0.3, 0.4) is 0 Å². The van der Waals surface area contributed by atoms with Crippen LogP contribution in [0.15, 0.2) is 6.20 Å². The number of hydrogen-bond acceptors (Lipinski definition) is 5. The van der Waals surface area contributed by atoms with Gasteiger partial charge in [0.15, 0.2) is 0 Å². The molecule has 0 aromatic carbocycles. The number of aromatic nitrogens is 2. The molecule has 0 spiro atoms. The quantitative estimate of drug-likeness (QED) is 0.479. The van der Waals surface area contributed by atoms with E-state index in [1.807, 2.05) is 0 Å². The number of rotatable bonds is 4. The van der Waals surface area contributed by atoms with Crippen LogP contribution in [0.1, 0.15) is 44.3 Å². The highest BCUT2D eigenvalue weighted by molar-refractivity contribution is 5.72. The van der Waals surface area contributed by atoms with E-state index in [0.29, 0.717) is 25.7 Å². The molecule has 0 amide bonds. The van der Waals surface area contributed by atoms with Gasteiger partial charge in [0.1, 0.15) is 6.20 Å². The number of nitro groups is 1. The minimum absolute atomic E-state index is 0.277. The summed E-state index contributed by atoms with van der Waals surface area (Å²) in [5.74, 6) is -0.591. The lowest BCUT2D eigenvalue weighted by Gasteiger charge is -2.27. The summed E-state index contributed by atoms with van der Waals surface area (Å²) in [6.45, 7) is 1.98. The summed E-state index contributed by atoms with van der Waals surface area (Å²) in [5.41, 5.74) is -2.54. The number of esters is 1. The predicted octanol–water partition coefficient (Wildman–Crippen LogP) is 3.10. The molecule has 0 saturated heterocycles. The van der Waals surface area contributed by atoms with Crippen molar-refractivity contribution in [1.29, 1.82) is 0 Å². The van der Waals surface area contributed by atoms with E-state index in [1.54, 1.807) is 6.92 Å². The summed E-state index contributed by atoms with van der Waals surface area (Å²) >= 11 is 0. The van der Waals surface area contributed by atoms with Crippen molar-refractivity contribution in [3.05, 3.63) is 22.0 Å². The zero-order chi connectivity index (χ0) is 17.2. The lowest BCUT2D eigenvalue weighted by Crippen LogP contribution is -2.25. The van der Waals surface area contributed by atoms with E-state index >= 15 is 0 Å². The van der Waals surface area contributed by atoms with Crippen molar-refractivity contribution in [2.45, 2.75) is 44.8 Å². The number of carbonyl (C=O) groups excluding carboxylic acids is 1. The molecule has 0 radical (unpaired) electrons. The molecule has 1 aromatic rings. The SMILES string of the molecule is CCOC(=O)C1CCC(n2cc([N+](=O)[O-])c(C(F)(F)F)n2)CC1. The van der Waals surface area contributed by atoms with E-state index in [-0.39, 0.29) is 18.5 Å². The third-order valence-electron chi connectivity index (χ3n) is 3.87. The molecule has 2 rings (SSSR count). The van der Waals surface area contributed by atoms with Gasteiger partial charge in [0.2, 0.25) is 5.69 Å². The fraction of sp³-hybridized carbons (Fsp3) is 0.692. The number of alkyl halides is 3. The van der Waals surface area contributed by atoms with Gasteiger partial charge in [-0.05, 0) is 32.6 Å². The maximum absolute atomic E-state index is 12.8. The molecule has 1 aromatic heterocycles. The summed E-state index contributed by atoms with van der Waals surface area (Å²) in [5, 5.41) is 14.1. The number of ether oxygens (including phenoxy) is 1. The van der Waals surface area contributed by atoms with Gasteiger partial charge in [-0.1, -0.05) is 0 Å². The molecule has 0 N–H and O–H groups in total. The van der Waals surface area contributed by atoms with Crippen LogP contribution in [0.4, 0.5) is 18.9 Å². The first kappa shape index (κ1) is 17.2. The standard InChI is InChI=1S/C13H16F3N3O4/c1-2-23-12(20)8-3-5-9(6-4-8)18-7-10(19(21)22)11(17-18)13(14,15)16/h7-9H,2-6H2,1H3. The van der Waals surface area contributed by atoms with Crippen LogP contribution in [0, 0.1) is 16.0 Å². The van der Waals surface area contributed by atoms with Gasteiger partial charge in [0, 0.05) is 0 Å². The van der Waals surface area contributed by atoms with Gasteiger partial charge in [-0.15, -0.1) is 0 Å². The average Bonchev–Trinajstić information content (AvgIpc) is 2.93. The second kappa shape index (κ2) is 6.55. The Morgan fingerprint density at radius 3 is 2.48 bits per heavy atom. The van der Waals surface area contributed by atoms with Crippen LogP contribution in [-0.2, 0) is 15.7 Å². The fourth-order valence-corrected chi connectivity index (χ4v) is 2.74. The Hall–Kier alpha value is -2.13. The predicted molar refractivity (Wildman–Crippen MR) is 71.5 cm³/mol. The first-order valence-electron chi connectivity index (χ1n) is 7.21. The van der Waals surface area contributed by atoms with Crippen LogP contribution < -0.4 is 0 Å². The van der Waals surface area contributed by atoms with Gasteiger partial charge in [-0.2, -0.15) is 18.3 Å². The normalized spacial score (nSPS) is 21.9. The maximum atomic E-state index is 12.8. The van der Waals surface area contributed by atoms with Crippen molar-refractivity contribution in [2.24, 2.45) is 5.92 Å². The average molecular weight is 335 g/mol. The molecule has 1 aliphatic rings. The minimum atomic E-state index is -4.88. The number of hydrogen-bond donors (Lipinski definition) is 0. The van der Waals surface area contributed by atoms with Crippen LogP contribution in [0.5, 0.6) is 0 Å². The van der Waals surface area contributed by atoms with Gasteiger partial charge in [-0.3, -0.25) is 19.6 Å². The summed E-state index contributed by atoms with van der Waals surface area (Å²) in [6, 6.07) is -0.393. The molecule has 0 unspecified atom stereocenters. The molecular weight excluding hydrogens is 319 g/mol. The Morgan fingerprint density at radius 2 is 2.04 bits per heavy atom. The Labute approximate surface area is 129 Å². The van der Waals surface area contributed by atoms with E-state index in [9.17, 15) is 28.1 Å². The molecule has 0 atom stereocenters. The zero-order valence-corrected chi connectivity index (χ0v) is 12.4. The largest absolute Gasteiger partial charge is 0.466 e. The minimum Gasteiger partial charge on any atom is -0.466 e. The molecule has 1 fully saturated rings. The highest BCUT2D eigenvalue weighted by Crippen LogP contribution is 2.38. The van der Waals surface area contributed by atoms with Crippen molar-refractivity contribution in [1.82, 2.24) is 9.78 Å². The summed E-state index contributed by atoms with van der Waals surface area (Å²) < 4.78 is 44.3. The van der Waals surface area contributed by atoms with Gasteiger partial charge in [0.05, 0.1) is 23.5 Å². The van der Waals surface area contributed by atoms with Crippen LogP contribution >= 0.6 is 0 Å². The van der Waals surface area contributed by atoms with E-state index < -0.39 is 28.5 Å². The smallest absolute Gasteiger partial charge is 0.442 e. The second-order valence-electron chi connectivity index (χ2n) is 5.36. The number of halogens is 3. The summed E-state index contributed by atoms with van der Waals surface area (Å²) in [6.07, 6.45) is -2.32. The lowest BCUT2D eigenvalue weighted by atomic mass is 9.86. The molecule has 7 nitrogen and oxygen atoms in total. The highest BCUT2D eigenvalue weighted by atomic mass is 19.4. The Morgan fingerprint density at radius 1 is 1.43 bits per heavy atom. The van der Waals surface area contributed by atoms with Crippen molar-refractivity contribution in [2.75, 3.05) is 6.61 Å². The second-order valence-corrected chi connectivity index (χ2v) is 5.36. The van der Waals surface area contributed by atoms with Crippen LogP contribution in [-0.4, -0.2) is 27.3 Å². The van der Waals surface area contributed by atoms with Crippen molar-refractivity contribution in [3.8, 4) is 0 Å². The number of carbonyl (C=O) groups is 1. The Bertz CT molecular complexity index is 592. The van der Waals surface area contributed by atoms with Gasteiger partial charge < -0.3 is 4.74 Å². The maximum Gasteiger partial charge on any atom is 0.442 e.